The lowest BCUT2D eigenvalue weighted by molar-refractivity contribution is 0.171. The van der Waals surface area contributed by atoms with E-state index in [-0.39, 0.29) is 4.90 Å². The third-order valence-corrected chi connectivity index (χ3v) is 4.29. The fraction of sp³-hybridized carbons (Fsp3) is 0.267. The second-order valence-corrected chi connectivity index (χ2v) is 6.64. The molecule has 0 atom stereocenters. The first-order chi connectivity index (χ1) is 11.0. The monoisotopic (exact) mass is 335 g/mol. The molecule has 8 heteroatoms. The summed E-state index contributed by atoms with van der Waals surface area (Å²) >= 11 is 0. The number of hydrogen-bond donors (Lipinski definition) is 2. The molecule has 7 nitrogen and oxygen atoms in total. The summed E-state index contributed by atoms with van der Waals surface area (Å²) in [5.41, 5.74) is 1.11. The normalized spacial score (nSPS) is 13.6. The van der Waals surface area contributed by atoms with E-state index in [0.29, 0.717) is 25.6 Å². The van der Waals surface area contributed by atoms with Gasteiger partial charge in [-0.25, -0.2) is 18.5 Å². The van der Waals surface area contributed by atoms with E-state index in [1.807, 2.05) is 18.2 Å². The summed E-state index contributed by atoms with van der Waals surface area (Å²) < 4.78 is 33.3. The van der Waals surface area contributed by atoms with Gasteiger partial charge in [-0.15, -0.1) is 0 Å². The van der Waals surface area contributed by atoms with E-state index in [4.69, 9.17) is 14.6 Å². The minimum atomic E-state index is -3.71. The molecule has 0 aliphatic carbocycles. The standard InChI is InChI=1S/C15H17N3O4S/c16-23(19,20)12-2-4-15(18-10-12)17-6-5-11-1-3-13-14(9-11)22-8-7-21-13/h1-4,9-10H,5-8H2,(H,17,18)(H2,16,19,20). The molecule has 0 spiro atoms. The predicted molar refractivity (Wildman–Crippen MR) is 85.2 cm³/mol. The Morgan fingerprint density at radius 2 is 1.91 bits per heavy atom. The van der Waals surface area contributed by atoms with Crippen LogP contribution < -0.4 is 19.9 Å². The molecule has 0 radical (unpaired) electrons. The Bertz CT molecular complexity index is 791. The number of primary sulfonamides is 1. The van der Waals surface area contributed by atoms with Crippen LogP contribution in [0.1, 0.15) is 5.56 Å². The molecule has 0 fully saturated rings. The molecular weight excluding hydrogens is 318 g/mol. The van der Waals surface area contributed by atoms with E-state index in [9.17, 15) is 8.42 Å². The molecule has 1 aromatic heterocycles. The zero-order chi connectivity index (χ0) is 16.3. The average molecular weight is 335 g/mol. The van der Waals surface area contributed by atoms with Gasteiger partial charge < -0.3 is 14.8 Å². The molecule has 2 heterocycles. The molecule has 23 heavy (non-hydrogen) atoms. The molecule has 0 bridgehead atoms. The van der Waals surface area contributed by atoms with Gasteiger partial charge >= 0.3 is 0 Å². The predicted octanol–water partition coefficient (Wildman–Crippen LogP) is 1.15. The summed E-state index contributed by atoms with van der Waals surface area (Å²) in [5, 5.41) is 8.16. The second-order valence-electron chi connectivity index (χ2n) is 5.08. The van der Waals surface area contributed by atoms with E-state index in [0.717, 1.165) is 23.5 Å². The molecule has 3 N–H and O–H groups in total. The lowest BCUT2D eigenvalue weighted by Crippen LogP contribution is -2.15. The molecule has 1 aromatic carbocycles. The number of nitrogens with two attached hydrogens (primary N) is 1. The fourth-order valence-electron chi connectivity index (χ4n) is 2.23. The van der Waals surface area contributed by atoms with Crippen LogP contribution in [0.5, 0.6) is 11.5 Å². The lowest BCUT2D eigenvalue weighted by Gasteiger charge is -2.18. The van der Waals surface area contributed by atoms with Gasteiger partial charge in [0.15, 0.2) is 11.5 Å². The highest BCUT2D eigenvalue weighted by molar-refractivity contribution is 7.89. The number of nitrogens with zero attached hydrogens (tertiary/aromatic N) is 1. The first-order valence-corrected chi connectivity index (χ1v) is 8.68. The van der Waals surface area contributed by atoms with Crippen molar-refractivity contribution < 1.29 is 17.9 Å². The molecule has 0 saturated carbocycles. The third-order valence-electron chi connectivity index (χ3n) is 3.39. The summed E-state index contributed by atoms with van der Waals surface area (Å²) in [6.45, 7) is 1.80. The topological polar surface area (TPSA) is 104 Å². The number of hydrogen-bond acceptors (Lipinski definition) is 6. The minimum absolute atomic E-state index is 0.00474. The summed E-state index contributed by atoms with van der Waals surface area (Å²) in [7, 11) is -3.71. The van der Waals surface area contributed by atoms with E-state index >= 15 is 0 Å². The largest absolute Gasteiger partial charge is 0.486 e. The van der Waals surface area contributed by atoms with E-state index < -0.39 is 10.0 Å². The number of sulfonamides is 1. The molecule has 3 rings (SSSR count). The van der Waals surface area contributed by atoms with Gasteiger partial charge in [-0.05, 0) is 36.2 Å². The number of rotatable bonds is 5. The molecule has 2 aromatic rings. The molecule has 0 amide bonds. The highest BCUT2D eigenvalue weighted by Gasteiger charge is 2.11. The third kappa shape index (κ3) is 3.91. The van der Waals surface area contributed by atoms with Gasteiger partial charge in [-0.2, -0.15) is 0 Å². The van der Waals surface area contributed by atoms with Gasteiger partial charge in [0.2, 0.25) is 10.0 Å². The van der Waals surface area contributed by atoms with Crippen LogP contribution >= 0.6 is 0 Å². The van der Waals surface area contributed by atoms with E-state index in [1.54, 1.807) is 6.07 Å². The highest BCUT2D eigenvalue weighted by atomic mass is 32.2. The summed E-state index contributed by atoms with van der Waals surface area (Å²) in [6, 6.07) is 8.88. The Kier molecular flexibility index (Phi) is 4.35. The first-order valence-electron chi connectivity index (χ1n) is 7.14. The van der Waals surface area contributed by atoms with Gasteiger partial charge in [0.05, 0.1) is 0 Å². The van der Waals surface area contributed by atoms with E-state index in [2.05, 4.69) is 10.3 Å². The zero-order valence-corrected chi connectivity index (χ0v) is 13.2. The maximum Gasteiger partial charge on any atom is 0.239 e. The molecule has 1 aliphatic heterocycles. The van der Waals surface area contributed by atoms with Gasteiger partial charge in [0, 0.05) is 12.7 Å². The van der Waals surface area contributed by atoms with Gasteiger partial charge in [-0.3, -0.25) is 0 Å². The molecule has 1 aliphatic rings. The summed E-state index contributed by atoms with van der Waals surface area (Å²) in [5.74, 6) is 2.13. The SMILES string of the molecule is NS(=O)(=O)c1ccc(NCCc2ccc3c(c2)OCCO3)nc1. The van der Waals surface area contributed by atoms with Crippen molar-refractivity contribution in [1.29, 1.82) is 0 Å². The number of ether oxygens (including phenoxy) is 2. The Balaban J connectivity index is 1.57. The van der Waals surface area contributed by atoms with Crippen LogP contribution in [0, 0.1) is 0 Å². The van der Waals surface area contributed by atoms with Gasteiger partial charge in [0.25, 0.3) is 0 Å². The number of anilines is 1. The van der Waals surface area contributed by atoms with Crippen molar-refractivity contribution in [1.82, 2.24) is 4.98 Å². The lowest BCUT2D eigenvalue weighted by atomic mass is 10.1. The van der Waals surface area contributed by atoms with Crippen molar-refractivity contribution >= 4 is 15.8 Å². The van der Waals surface area contributed by atoms with Crippen molar-refractivity contribution in [3.8, 4) is 11.5 Å². The molecule has 0 saturated heterocycles. The first kappa shape index (κ1) is 15.6. The number of fused-ring (bicyclic) bond motifs is 1. The average Bonchev–Trinajstić information content (AvgIpc) is 2.54. The van der Waals surface area contributed by atoms with Crippen LogP contribution in [-0.2, 0) is 16.4 Å². The van der Waals surface area contributed by atoms with Gasteiger partial charge in [0.1, 0.15) is 23.9 Å². The maximum absolute atomic E-state index is 11.2. The molecule has 122 valence electrons. The Labute approximate surface area is 134 Å². The minimum Gasteiger partial charge on any atom is -0.486 e. The van der Waals surface area contributed by atoms with Crippen LogP contribution in [0.4, 0.5) is 5.82 Å². The quantitative estimate of drug-likeness (QED) is 0.850. The Morgan fingerprint density at radius 3 is 2.61 bits per heavy atom. The van der Waals surface area contributed by atoms with Crippen molar-refractivity contribution in [3.63, 3.8) is 0 Å². The van der Waals surface area contributed by atoms with Crippen molar-refractivity contribution in [2.45, 2.75) is 11.3 Å². The van der Waals surface area contributed by atoms with Crippen LogP contribution in [0.25, 0.3) is 0 Å². The van der Waals surface area contributed by atoms with E-state index in [1.165, 1.54) is 12.3 Å². The van der Waals surface area contributed by atoms with Crippen molar-refractivity contribution in [2.24, 2.45) is 5.14 Å². The van der Waals surface area contributed by atoms with Crippen molar-refractivity contribution in [2.75, 3.05) is 25.1 Å². The van der Waals surface area contributed by atoms with Crippen LogP contribution in [0.3, 0.4) is 0 Å². The van der Waals surface area contributed by atoms with Crippen LogP contribution in [-0.4, -0.2) is 33.2 Å². The number of benzene rings is 1. The highest BCUT2D eigenvalue weighted by Crippen LogP contribution is 2.30. The van der Waals surface area contributed by atoms with Crippen LogP contribution in [0.15, 0.2) is 41.4 Å². The molecular formula is C15H17N3O4S. The summed E-state index contributed by atoms with van der Waals surface area (Å²) in [6.07, 6.45) is 2.01. The van der Waals surface area contributed by atoms with Gasteiger partial charge in [-0.1, -0.05) is 6.07 Å². The number of pyridine rings is 1. The van der Waals surface area contributed by atoms with Crippen molar-refractivity contribution in [3.05, 3.63) is 42.1 Å². The zero-order valence-electron chi connectivity index (χ0n) is 12.4. The van der Waals surface area contributed by atoms with Crippen LogP contribution in [0.2, 0.25) is 0 Å². The second kappa shape index (κ2) is 6.43. The number of aromatic nitrogens is 1. The summed E-state index contributed by atoms with van der Waals surface area (Å²) in [4.78, 5) is 4.03. The Morgan fingerprint density at radius 1 is 1.13 bits per heavy atom. The smallest absolute Gasteiger partial charge is 0.239 e. The number of nitrogens with one attached hydrogen (secondary N) is 1. The maximum atomic E-state index is 11.2. The Hall–Kier alpha value is -2.32. The fourth-order valence-corrected chi connectivity index (χ4v) is 2.69. The molecule has 0 unspecified atom stereocenters.